The smallest absolute Gasteiger partial charge is 0.349 e. The van der Waals surface area contributed by atoms with Crippen LogP contribution in [0.5, 0.6) is 0 Å². The van der Waals surface area contributed by atoms with Crippen LogP contribution in [-0.4, -0.2) is 52.9 Å². The second-order valence-electron chi connectivity index (χ2n) is 8.89. The lowest BCUT2D eigenvalue weighted by Gasteiger charge is -2.23. The van der Waals surface area contributed by atoms with Crippen molar-refractivity contribution in [1.29, 1.82) is 0 Å². The van der Waals surface area contributed by atoms with Crippen molar-refractivity contribution in [2.75, 3.05) is 5.32 Å². The lowest BCUT2D eigenvalue weighted by atomic mass is 10.1. The van der Waals surface area contributed by atoms with Gasteiger partial charge in [-0.3, -0.25) is 25.2 Å². The first-order chi connectivity index (χ1) is 19.6. The summed E-state index contributed by atoms with van der Waals surface area (Å²) < 4.78 is 10.2. The van der Waals surface area contributed by atoms with Crippen molar-refractivity contribution in [3.63, 3.8) is 0 Å². The highest BCUT2D eigenvalue weighted by Gasteiger charge is 2.41. The normalized spacial score (nSPS) is 11.9. The molecular weight excluding hydrogens is 534 g/mol. The van der Waals surface area contributed by atoms with E-state index in [4.69, 9.17) is 9.47 Å². The number of hydrazine groups is 1. The largest absolute Gasteiger partial charge is 0.478 e. The first-order valence-electron chi connectivity index (χ1n) is 12.3. The summed E-state index contributed by atoms with van der Waals surface area (Å²) in [6, 6.07) is 20.5. The number of carbonyl (C=O) groups is 6. The molecule has 0 radical (unpaired) electrons. The van der Waals surface area contributed by atoms with E-state index < -0.39 is 41.9 Å². The Balaban J connectivity index is 1.76. The molecule has 0 aliphatic heterocycles. The molecule has 12 heteroatoms. The summed E-state index contributed by atoms with van der Waals surface area (Å²) in [6.45, 7) is 3.45. The first kappa shape index (κ1) is 30.0. The van der Waals surface area contributed by atoms with Crippen molar-refractivity contribution in [3.8, 4) is 0 Å². The molecule has 0 saturated heterocycles. The standard InChI is InChI=1S/C29H27N3O9/c1-17(2)24(33)30-21-15-13-18(14-16-21)25(34)31-32-26(35)22(40-28(38)19-9-5-3-6-10-19)23(27(36)37)41-29(39)20-11-7-4-8-12-20/h3-17,22-23H,1-2H3,(H,30,33)(H,31,34)(H,32,35)(H,36,37)/t22-,23+/m0/s1. The van der Waals surface area contributed by atoms with Gasteiger partial charge in [0.25, 0.3) is 11.8 Å². The number of carbonyl (C=O) groups excluding carboxylic acids is 5. The number of hydrogen-bond acceptors (Lipinski definition) is 8. The number of amides is 3. The minimum Gasteiger partial charge on any atom is -0.478 e. The molecule has 0 bridgehead atoms. The van der Waals surface area contributed by atoms with E-state index in [0.717, 1.165) is 0 Å². The Morgan fingerprint density at radius 3 is 1.56 bits per heavy atom. The SMILES string of the molecule is CC(C)C(=O)Nc1ccc(C(=O)NNC(=O)[C@@H](OC(=O)c2ccccc2)[C@@H](OC(=O)c2ccccc2)C(=O)O)cc1. The molecule has 0 heterocycles. The Morgan fingerprint density at radius 2 is 1.10 bits per heavy atom. The van der Waals surface area contributed by atoms with Crippen LogP contribution in [0.3, 0.4) is 0 Å². The van der Waals surface area contributed by atoms with Crippen molar-refractivity contribution >= 4 is 41.3 Å². The van der Waals surface area contributed by atoms with Gasteiger partial charge in [-0.15, -0.1) is 0 Å². The van der Waals surface area contributed by atoms with Crippen LogP contribution in [0.2, 0.25) is 0 Å². The van der Waals surface area contributed by atoms with Gasteiger partial charge in [-0.1, -0.05) is 50.2 Å². The number of anilines is 1. The number of carboxylic acids is 1. The third kappa shape index (κ3) is 8.48. The van der Waals surface area contributed by atoms with E-state index in [0.29, 0.717) is 5.69 Å². The second kappa shape index (κ2) is 14.0. The summed E-state index contributed by atoms with van der Waals surface area (Å²) in [5.74, 6) is -6.48. The van der Waals surface area contributed by atoms with Crippen molar-refractivity contribution in [2.24, 2.45) is 5.92 Å². The van der Waals surface area contributed by atoms with Crippen LogP contribution in [0, 0.1) is 5.92 Å². The minimum atomic E-state index is -2.27. The van der Waals surface area contributed by atoms with E-state index in [9.17, 15) is 33.9 Å². The van der Waals surface area contributed by atoms with Gasteiger partial charge in [-0.05, 0) is 48.5 Å². The minimum absolute atomic E-state index is 0.00231. The van der Waals surface area contributed by atoms with Crippen LogP contribution in [0.25, 0.3) is 0 Å². The van der Waals surface area contributed by atoms with E-state index in [1.807, 2.05) is 5.43 Å². The molecule has 3 aromatic rings. The zero-order chi connectivity index (χ0) is 29.9. The zero-order valence-corrected chi connectivity index (χ0v) is 22.0. The molecule has 12 nitrogen and oxygen atoms in total. The van der Waals surface area contributed by atoms with E-state index in [1.54, 1.807) is 26.0 Å². The number of hydrogen-bond donors (Lipinski definition) is 4. The van der Waals surface area contributed by atoms with Crippen molar-refractivity contribution in [2.45, 2.75) is 26.1 Å². The molecular formula is C29H27N3O9. The Bertz CT molecular complexity index is 1410. The van der Waals surface area contributed by atoms with Crippen molar-refractivity contribution < 1.29 is 43.3 Å². The molecule has 0 aliphatic carbocycles. The summed E-state index contributed by atoms with van der Waals surface area (Å²) in [4.78, 5) is 74.8. The quantitative estimate of drug-likeness (QED) is 0.214. The van der Waals surface area contributed by atoms with Gasteiger partial charge in [0.15, 0.2) is 0 Å². The number of rotatable bonds is 10. The summed E-state index contributed by atoms with van der Waals surface area (Å²) in [7, 11) is 0. The Hall–Kier alpha value is -5.52. The molecule has 3 amide bonds. The van der Waals surface area contributed by atoms with E-state index in [1.165, 1.54) is 72.8 Å². The molecule has 0 saturated carbocycles. The topological polar surface area (TPSA) is 177 Å². The summed E-state index contributed by atoms with van der Waals surface area (Å²) in [6.07, 6.45) is -4.46. The van der Waals surface area contributed by atoms with Crippen LogP contribution >= 0.6 is 0 Å². The highest BCUT2D eigenvalue weighted by molar-refractivity contribution is 5.99. The fraction of sp³-hybridized carbons (Fsp3) is 0.172. The van der Waals surface area contributed by atoms with Gasteiger partial charge in [0.05, 0.1) is 11.1 Å². The van der Waals surface area contributed by atoms with Crippen LogP contribution < -0.4 is 16.2 Å². The predicted octanol–water partition coefficient (Wildman–Crippen LogP) is 2.58. The zero-order valence-electron chi connectivity index (χ0n) is 22.0. The number of aliphatic carboxylic acids is 1. The molecule has 0 aliphatic rings. The Morgan fingerprint density at radius 1 is 0.610 bits per heavy atom. The maximum absolute atomic E-state index is 13.0. The fourth-order valence-electron chi connectivity index (χ4n) is 3.26. The van der Waals surface area contributed by atoms with Gasteiger partial charge in [0.1, 0.15) is 0 Å². The maximum atomic E-state index is 13.0. The van der Waals surface area contributed by atoms with Gasteiger partial charge in [-0.2, -0.15) is 0 Å². The molecule has 0 unspecified atom stereocenters. The molecule has 4 N–H and O–H groups in total. The molecule has 0 aromatic heterocycles. The van der Waals surface area contributed by atoms with E-state index >= 15 is 0 Å². The van der Waals surface area contributed by atoms with Gasteiger partial charge in [0.2, 0.25) is 18.1 Å². The van der Waals surface area contributed by atoms with Crippen molar-refractivity contribution in [1.82, 2.24) is 10.9 Å². The maximum Gasteiger partial charge on any atom is 0.349 e. The second-order valence-corrected chi connectivity index (χ2v) is 8.89. The van der Waals surface area contributed by atoms with Gasteiger partial charge < -0.3 is 19.9 Å². The van der Waals surface area contributed by atoms with Crippen molar-refractivity contribution in [3.05, 3.63) is 102 Å². The molecule has 0 spiro atoms. The predicted molar refractivity (Wildman–Crippen MR) is 144 cm³/mol. The number of carboxylic acid groups (broad SMARTS) is 1. The van der Waals surface area contributed by atoms with Crippen LogP contribution in [0.1, 0.15) is 44.9 Å². The Labute approximate surface area is 234 Å². The van der Waals surface area contributed by atoms with E-state index in [2.05, 4.69) is 10.7 Å². The van der Waals surface area contributed by atoms with Crippen LogP contribution in [0.4, 0.5) is 5.69 Å². The highest BCUT2D eigenvalue weighted by atomic mass is 16.6. The van der Waals surface area contributed by atoms with Gasteiger partial charge >= 0.3 is 17.9 Å². The molecule has 212 valence electrons. The van der Waals surface area contributed by atoms with Gasteiger partial charge in [0, 0.05) is 17.2 Å². The number of ether oxygens (including phenoxy) is 2. The molecule has 3 rings (SSSR count). The highest BCUT2D eigenvalue weighted by Crippen LogP contribution is 2.14. The fourth-order valence-corrected chi connectivity index (χ4v) is 3.26. The third-order valence-corrected chi connectivity index (χ3v) is 5.50. The first-order valence-corrected chi connectivity index (χ1v) is 12.3. The average molecular weight is 562 g/mol. The summed E-state index contributed by atoms with van der Waals surface area (Å²) in [5, 5.41) is 12.5. The summed E-state index contributed by atoms with van der Waals surface area (Å²) in [5.41, 5.74) is 4.62. The monoisotopic (exact) mass is 561 g/mol. The number of nitrogens with one attached hydrogen (secondary N) is 3. The average Bonchev–Trinajstić information content (AvgIpc) is 2.98. The third-order valence-electron chi connectivity index (χ3n) is 5.50. The number of esters is 2. The molecule has 41 heavy (non-hydrogen) atoms. The van der Waals surface area contributed by atoms with Crippen LogP contribution in [0.15, 0.2) is 84.9 Å². The van der Waals surface area contributed by atoms with Crippen LogP contribution in [-0.2, 0) is 23.9 Å². The molecule has 2 atom stereocenters. The number of benzene rings is 3. The lowest BCUT2D eigenvalue weighted by Crippen LogP contribution is -2.54. The molecule has 0 fully saturated rings. The molecule has 3 aromatic carbocycles. The lowest BCUT2D eigenvalue weighted by molar-refractivity contribution is -0.159. The van der Waals surface area contributed by atoms with Gasteiger partial charge in [-0.25, -0.2) is 14.4 Å². The Kier molecular flexibility index (Phi) is 10.3. The van der Waals surface area contributed by atoms with E-state index in [-0.39, 0.29) is 28.5 Å². The summed E-state index contributed by atoms with van der Waals surface area (Å²) >= 11 is 0.